The summed E-state index contributed by atoms with van der Waals surface area (Å²) in [6.45, 7) is 0. The Morgan fingerprint density at radius 3 is 1.67 bits per heavy atom. The van der Waals surface area contributed by atoms with Gasteiger partial charge in [0.15, 0.2) is 11.7 Å². The molecule has 8 aromatic carbocycles. The molecule has 2 aromatic heterocycles. The highest BCUT2D eigenvalue weighted by Gasteiger charge is 2.18. The molecule has 0 radical (unpaired) electrons. The van der Waals surface area contributed by atoms with E-state index in [9.17, 15) is 0 Å². The van der Waals surface area contributed by atoms with Crippen LogP contribution in [0.5, 0.6) is 0 Å². The van der Waals surface area contributed by atoms with E-state index in [0.717, 1.165) is 61.5 Å². The lowest BCUT2D eigenvalue weighted by atomic mass is 10.0. The Labute approximate surface area is 354 Å². The van der Waals surface area contributed by atoms with Gasteiger partial charge < -0.3 is 4.57 Å². The molecule has 5 heteroatoms. The molecule has 288 valence electrons. The molecule has 0 saturated carbocycles. The molecule has 5 nitrogen and oxygen atoms in total. The van der Waals surface area contributed by atoms with E-state index < -0.39 is 0 Å². The van der Waals surface area contributed by atoms with E-state index >= 15 is 0 Å². The Bertz CT molecular complexity index is 3170. The van der Waals surface area contributed by atoms with Gasteiger partial charge in [-0.2, -0.15) is 0 Å². The summed E-state index contributed by atoms with van der Waals surface area (Å²) in [4.78, 5) is 15.2. The second kappa shape index (κ2) is 16.5. The largest absolute Gasteiger partial charge is 0.309 e. The summed E-state index contributed by atoms with van der Waals surface area (Å²) in [5, 5.41) is 11.3. The molecule has 0 saturated heterocycles. The molecular formula is C56H39N5. The maximum Gasteiger partial charge on any atom is 0.160 e. The first-order valence-corrected chi connectivity index (χ1v) is 20.4. The van der Waals surface area contributed by atoms with Crippen LogP contribution in [0.2, 0.25) is 0 Å². The highest BCUT2D eigenvalue weighted by atomic mass is 15.0. The molecule has 0 amide bonds. The van der Waals surface area contributed by atoms with Crippen LogP contribution in [-0.4, -0.2) is 26.1 Å². The van der Waals surface area contributed by atoms with Gasteiger partial charge in [-0.1, -0.05) is 188 Å². The summed E-state index contributed by atoms with van der Waals surface area (Å²) in [7, 11) is 0. The molecule has 2 heterocycles. The Balaban J connectivity index is 1.19. The van der Waals surface area contributed by atoms with Gasteiger partial charge in [-0.05, 0) is 59.2 Å². The topological polar surface area (TPSA) is 66.9 Å². The highest BCUT2D eigenvalue weighted by Crippen LogP contribution is 2.37. The number of amidine groups is 1. The van der Waals surface area contributed by atoms with Crippen LogP contribution < -0.4 is 0 Å². The predicted octanol–water partition coefficient (Wildman–Crippen LogP) is 13.8. The van der Waals surface area contributed by atoms with Crippen LogP contribution in [0.1, 0.15) is 16.7 Å². The maximum atomic E-state index is 9.00. The molecular weight excluding hydrogens is 743 g/mol. The summed E-state index contributed by atoms with van der Waals surface area (Å²) in [5.41, 5.74) is 13.4. The number of benzene rings is 8. The number of hydrogen-bond donors (Lipinski definition) is 1. The normalized spacial score (nSPS) is 11.7. The fourth-order valence-corrected chi connectivity index (χ4v) is 7.92. The fraction of sp³-hybridized carbons (Fsp3) is 0. The van der Waals surface area contributed by atoms with Crippen LogP contribution >= 0.6 is 0 Å². The van der Waals surface area contributed by atoms with Gasteiger partial charge in [0.25, 0.3) is 0 Å². The van der Waals surface area contributed by atoms with Crippen molar-refractivity contribution in [1.82, 2.24) is 14.5 Å². The zero-order valence-electron chi connectivity index (χ0n) is 33.2. The maximum absolute atomic E-state index is 9.00. The SMILES string of the molecule is N=C(N=C(/C=C/c1cc(-c2cc(-c3ccccc3)nc(-c3ccccc3)n2)ccc1-n1c2ccccc2c2cc(-c3ccccc3)ccc21)c1ccccc1)c1ccccc1. The Hall–Kier alpha value is -8.28. The number of aliphatic imine (C=N–C) groups is 1. The molecule has 61 heavy (non-hydrogen) atoms. The first-order chi connectivity index (χ1) is 30.2. The van der Waals surface area contributed by atoms with Gasteiger partial charge in [-0.25, -0.2) is 15.0 Å². The van der Waals surface area contributed by atoms with Crippen LogP contribution in [0.4, 0.5) is 0 Å². The van der Waals surface area contributed by atoms with Gasteiger partial charge in [-0.3, -0.25) is 5.41 Å². The van der Waals surface area contributed by atoms with Gasteiger partial charge >= 0.3 is 0 Å². The molecule has 0 atom stereocenters. The van der Waals surface area contributed by atoms with Crippen molar-refractivity contribution < 1.29 is 0 Å². The van der Waals surface area contributed by atoms with Crippen molar-refractivity contribution in [1.29, 1.82) is 5.41 Å². The molecule has 0 aliphatic heterocycles. The van der Waals surface area contributed by atoms with E-state index in [-0.39, 0.29) is 5.84 Å². The van der Waals surface area contributed by atoms with Gasteiger partial charge in [0.1, 0.15) is 0 Å². The van der Waals surface area contributed by atoms with E-state index in [1.54, 1.807) is 0 Å². The summed E-state index contributed by atoms with van der Waals surface area (Å²) in [6.07, 6.45) is 4.15. The Morgan fingerprint density at radius 2 is 0.984 bits per heavy atom. The van der Waals surface area contributed by atoms with E-state index in [4.69, 9.17) is 20.4 Å². The second-order valence-corrected chi connectivity index (χ2v) is 14.8. The summed E-state index contributed by atoms with van der Waals surface area (Å²) in [5.74, 6) is 0.852. The molecule has 1 N–H and O–H groups in total. The third kappa shape index (κ3) is 7.60. The number of allylic oxidation sites excluding steroid dienone is 1. The zero-order chi connectivity index (χ0) is 41.0. The molecule has 0 fully saturated rings. The quantitative estimate of drug-likeness (QED) is 0.117. The number of rotatable bonds is 9. The van der Waals surface area contributed by atoms with Crippen LogP contribution in [0, 0.1) is 5.41 Å². The van der Waals surface area contributed by atoms with Gasteiger partial charge in [0.2, 0.25) is 0 Å². The molecule has 0 bridgehead atoms. The predicted molar refractivity (Wildman–Crippen MR) is 253 cm³/mol. The second-order valence-electron chi connectivity index (χ2n) is 14.8. The molecule has 0 aliphatic carbocycles. The molecule has 0 unspecified atom stereocenters. The van der Waals surface area contributed by atoms with Crippen molar-refractivity contribution >= 4 is 39.4 Å². The van der Waals surface area contributed by atoms with Crippen molar-refractivity contribution in [2.24, 2.45) is 4.99 Å². The van der Waals surface area contributed by atoms with Gasteiger partial charge in [-0.15, -0.1) is 0 Å². The first-order valence-electron chi connectivity index (χ1n) is 20.4. The number of nitrogens with one attached hydrogen (secondary N) is 1. The lowest BCUT2D eigenvalue weighted by Crippen LogP contribution is -2.04. The lowest BCUT2D eigenvalue weighted by Gasteiger charge is -2.15. The van der Waals surface area contributed by atoms with Crippen LogP contribution in [-0.2, 0) is 0 Å². The minimum atomic E-state index is 0.192. The number of fused-ring (bicyclic) bond motifs is 3. The van der Waals surface area contributed by atoms with E-state index in [1.807, 2.05) is 115 Å². The van der Waals surface area contributed by atoms with Crippen molar-refractivity contribution in [2.45, 2.75) is 0 Å². The third-order valence-corrected chi connectivity index (χ3v) is 10.9. The van der Waals surface area contributed by atoms with Gasteiger partial charge in [0.05, 0.1) is 33.8 Å². The number of para-hydroxylation sites is 1. The minimum absolute atomic E-state index is 0.192. The number of nitrogens with zero attached hydrogens (tertiary/aromatic N) is 4. The Kier molecular flexibility index (Phi) is 10.0. The van der Waals surface area contributed by atoms with E-state index in [2.05, 4.69) is 120 Å². The molecule has 10 rings (SSSR count). The van der Waals surface area contributed by atoms with E-state index in [0.29, 0.717) is 11.5 Å². The minimum Gasteiger partial charge on any atom is -0.309 e. The first kappa shape index (κ1) is 37.0. The van der Waals surface area contributed by atoms with Crippen molar-refractivity contribution in [3.05, 3.63) is 241 Å². The van der Waals surface area contributed by atoms with Gasteiger partial charge in [0, 0.05) is 38.6 Å². The highest BCUT2D eigenvalue weighted by molar-refractivity contribution is 6.18. The molecule has 0 aliphatic rings. The number of aromatic nitrogens is 3. The van der Waals surface area contributed by atoms with Crippen LogP contribution in [0.15, 0.2) is 229 Å². The average molecular weight is 782 g/mol. The third-order valence-electron chi connectivity index (χ3n) is 10.9. The zero-order valence-corrected chi connectivity index (χ0v) is 33.2. The summed E-state index contributed by atoms with van der Waals surface area (Å²) < 4.78 is 2.36. The van der Waals surface area contributed by atoms with Crippen LogP contribution in [0.25, 0.3) is 78.6 Å². The monoisotopic (exact) mass is 781 g/mol. The average Bonchev–Trinajstić information content (AvgIpc) is 3.67. The van der Waals surface area contributed by atoms with Crippen molar-refractivity contribution in [2.75, 3.05) is 0 Å². The van der Waals surface area contributed by atoms with E-state index in [1.165, 1.54) is 21.9 Å². The number of hydrogen-bond acceptors (Lipinski definition) is 3. The smallest absolute Gasteiger partial charge is 0.160 e. The summed E-state index contributed by atoms with van der Waals surface area (Å²) >= 11 is 0. The molecule has 0 spiro atoms. The lowest BCUT2D eigenvalue weighted by molar-refractivity contribution is 1.16. The fourth-order valence-electron chi connectivity index (χ4n) is 7.92. The van der Waals surface area contributed by atoms with Crippen molar-refractivity contribution in [3.63, 3.8) is 0 Å². The molecule has 10 aromatic rings. The summed E-state index contributed by atoms with van der Waals surface area (Å²) in [6, 6.07) is 74.7. The standard InChI is InChI=1S/C56H39N5/c57-55(42-24-12-4-13-25-42)58-49(40-20-8-2-9-21-40)33-30-46-36-45(51-38-50(41-22-10-3-11-23-41)59-56(60-51)43-26-14-5-15-27-43)32-34-52(46)61-53-29-17-16-28-47(53)48-37-44(31-35-54(48)61)39-18-6-1-7-19-39/h1-38,57H/b33-30+,57-55?,58-49?. The van der Waals surface area contributed by atoms with Crippen LogP contribution in [0.3, 0.4) is 0 Å². The van der Waals surface area contributed by atoms with Crippen molar-refractivity contribution in [3.8, 4) is 50.7 Å². The Morgan fingerprint density at radius 1 is 0.443 bits per heavy atom.